The smallest absolute Gasteiger partial charge is 0.450 e. The summed E-state index contributed by atoms with van der Waals surface area (Å²) in [6.07, 6.45) is 4.30. The van der Waals surface area contributed by atoms with E-state index in [4.69, 9.17) is 9.84 Å². The zero-order chi connectivity index (χ0) is 11.9. The number of ether oxygens (including phenoxy) is 1. The molecule has 0 aliphatic rings. The number of hydrogen-bond acceptors (Lipinski definition) is 2. The third-order valence-electron chi connectivity index (χ3n) is 2.69. The molecule has 0 heterocycles. The molecule has 90 valence electrons. The zero-order valence-electron chi connectivity index (χ0n) is 10.4. The number of carboxylic acid groups (broad SMARTS) is 1. The Kier molecular flexibility index (Phi) is 6.37. The van der Waals surface area contributed by atoms with E-state index >= 15 is 0 Å². The lowest BCUT2D eigenvalue weighted by atomic mass is 9.88. The first-order chi connectivity index (χ1) is 6.91. The minimum atomic E-state index is -1.18. The van der Waals surface area contributed by atoms with Crippen molar-refractivity contribution in [1.29, 1.82) is 0 Å². The molecular weight excluding hydrogens is 192 g/mol. The van der Waals surface area contributed by atoms with Crippen molar-refractivity contribution in [3.8, 4) is 0 Å². The van der Waals surface area contributed by atoms with Gasteiger partial charge in [0.05, 0.1) is 0 Å². The van der Waals surface area contributed by atoms with Gasteiger partial charge in [0.1, 0.15) is 5.60 Å². The second-order valence-electron chi connectivity index (χ2n) is 4.75. The van der Waals surface area contributed by atoms with Crippen LogP contribution in [-0.4, -0.2) is 16.9 Å². The Hall–Kier alpha value is -0.730. The molecular formula is C12H24O3. The molecule has 0 saturated heterocycles. The van der Waals surface area contributed by atoms with Crippen LogP contribution in [0.25, 0.3) is 0 Å². The fraction of sp³-hybridized carbons (Fsp3) is 0.917. The van der Waals surface area contributed by atoms with Crippen LogP contribution in [0.3, 0.4) is 0 Å². The molecule has 0 rings (SSSR count). The molecule has 1 N–H and O–H groups in total. The summed E-state index contributed by atoms with van der Waals surface area (Å²) in [6.45, 7) is 8.01. The van der Waals surface area contributed by atoms with E-state index < -0.39 is 11.8 Å². The molecule has 3 nitrogen and oxygen atoms in total. The minimum absolute atomic E-state index is 0.555. The molecule has 1 unspecified atom stereocenters. The van der Waals surface area contributed by atoms with Crippen LogP contribution < -0.4 is 0 Å². The average Bonchev–Trinajstić information content (AvgIpc) is 2.09. The maximum absolute atomic E-state index is 10.5. The van der Waals surface area contributed by atoms with Gasteiger partial charge in [-0.05, 0) is 26.2 Å². The summed E-state index contributed by atoms with van der Waals surface area (Å²) in [5.41, 5.74) is -0.555. The predicted octanol–water partition coefficient (Wildman–Crippen LogP) is 4.07. The molecule has 0 aromatic heterocycles. The monoisotopic (exact) mass is 216 g/mol. The number of unbranched alkanes of at least 4 members (excludes halogenated alkanes) is 1. The highest BCUT2D eigenvalue weighted by Crippen LogP contribution is 2.26. The van der Waals surface area contributed by atoms with Crippen LogP contribution in [0.5, 0.6) is 0 Å². The Balaban J connectivity index is 4.07. The van der Waals surface area contributed by atoms with Gasteiger partial charge in [-0.3, -0.25) is 0 Å². The topological polar surface area (TPSA) is 46.5 Å². The van der Waals surface area contributed by atoms with Crippen molar-refractivity contribution in [3.63, 3.8) is 0 Å². The molecule has 1 atom stereocenters. The second kappa shape index (κ2) is 6.70. The summed E-state index contributed by atoms with van der Waals surface area (Å²) in [5, 5.41) is 8.59. The van der Waals surface area contributed by atoms with E-state index in [1.54, 1.807) is 0 Å². The van der Waals surface area contributed by atoms with Crippen molar-refractivity contribution < 1.29 is 14.6 Å². The van der Waals surface area contributed by atoms with Crippen molar-refractivity contribution >= 4 is 6.16 Å². The quantitative estimate of drug-likeness (QED) is 0.652. The normalized spacial score (nSPS) is 13.6. The Labute approximate surface area is 92.8 Å². The lowest BCUT2D eigenvalue weighted by Crippen LogP contribution is -2.30. The molecule has 0 spiro atoms. The number of carbonyl (C=O) groups is 1. The van der Waals surface area contributed by atoms with E-state index in [-0.39, 0.29) is 0 Å². The van der Waals surface area contributed by atoms with E-state index in [0.29, 0.717) is 5.92 Å². The van der Waals surface area contributed by atoms with Crippen molar-refractivity contribution in [2.75, 3.05) is 0 Å². The molecule has 0 amide bonds. The van der Waals surface area contributed by atoms with Crippen molar-refractivity contribution in [2.45, 2.75) is 65.4 Å². The van der Waals surface area contributed by atoms with Gasteiger partial charge in [0.15, 0.2) is 0 Å². The predicted molar refractivity (Wildman–Crippen MR) is 61.1 cm³/mol. The number of hydrogen-bond donors (Lipinski definition) is 1. The molecule has 0 aliphatic heterocycles. The van der Waals surface area contributed by atoms with Gasteiger partial charge in [0.25, 0.3) is 0 Å². The van der Waals surface area contributed by atoms with Crippen LogP contribution in [-0.2, 0) is 4.74 Å². The largest absolute Gasteiger partial charge is 0.506 e. The molecule has 3 heteroatoms. The van der Waals surface area contributed by atoms with Gasteiger partial charge in [-0.25, -0.2) is 4.79 Å². The van der Waals surface area contributed by atoms with Gasteiger partial charge in [-0.2, -0.15) is 0 Å². The van der Waals surface area contributed by atoms with E-state index in [0.717, 1.165) is 12.8 Å². The van der Waals surface area contributed by atoms with E-state index in [1.807, 2.05) is 13.8 Å². The van der Waals surface area contributed by atoms with E-state index in [9.17, 15) is 4.79 Å². The van der Waals surface area contributed by atoms with Crippen LogP contribution in [0.4, 0.5) is 4.79 Å². The summed E-state index contributed by atoms with van der Waals surface area (Å²) in [7, 11) is 0. The van der Waals surface area contributed by atoms with Crippen LogP contribution >= 0.6 is 0 Å². The fourth-order valence-electron chi connectivity index (χ4n) is 1.92. The van der Waals surface area contributed by atoms with Gasteiger partial charge >= 0.3 is 6.16 Å². The summed E-state index contributed by atoms with van der Waals surface area (Å²) in [5.74, 6) is 0.569. The van der Waals surface area contributed by atoms with Crippen molar-refractivity contribution in [1.82, 2.24) is 0 Å². The first-order valence-electron chi connectivity index (χ1n) is 5.83. The second-order valence-corrected chi connectivity index (χ2v) is 4.75. The zero-order valence-corrected chi connectivity index (χ0v) is 10.4. The summed E-state index contributed by atoms with van der Waals surface area (Å²) in [4.78, 5) is 10.5. The Morgan fingerprint density at radius 3 is 2.40 bits per heavy atom. The Morgan fingerprint density at radius 1 is 1.40 bits per heavy atom. The highest BCUT2D eigenvalue weighted by atomic mass is 16.7. The summed E-state index contributed by atoms with van der Waals surface area (Å²) >= 11 is 0. The number of rotatable bonds is 7. The Bertz CT molecular complexity index is 187. The molecule has 0 fully saturated rings. The molecule has 0 aromatic carbocycles. The molecule has 0 radical (unpaired) electrons. The van der Waals surface area contributed by atoms with Gasteiger partial charge in [-0.1, -0.05) is 39.5 Å². The van der Waals surface area contributed by atoms with E-state index in [1.165, 1.54) is 19.3 Å². The van der Waals surface area contributed by atoms with Gasteiger partial charge < -0.3 is 9.84 Å². The standard InChI is InChI=1S/C12H24O3/c1-5-7-8-10(6-2)9-12(3,4)15-11(13)14/h10H,5-9H2,1-4H3,(H,13,14). The van der Waals surface area contributed by atoms with Crippen molar-refractivity contribution in [2.24, 2.45) is 5.92 Å². The first-order valence-corrected chi connectivity index (χ1v) is 5.83. The van der Waals surface area contributed by atoms with Crippen molar-refractivity contribution in [3.05, 3.63) is 0 Å². The lowest BCUT2D eigenvalue weighted by molar-refractivity contribution is -0.0112. The third kappa shape index (κ3) is 7.23. The minimum Gasteiger partial charge on any atom is -0.450 e. The molecule has 15 heavy (non-hydrogen) atoms. The molecule has 0 bridgehead atoms. The van der Waals surface area contributed by atoms with Gasteiger partial charge in [-0.15, -0.1) is 0 Å². The SMILES string of the molecule is CCCCC(CC)CC(C)(C)OC(=O)O. The van der Waals surface area contributed by atoms with Crippen LogP contribution in [0, 0.1) is 5.92 Å². The van der Waals surface area contributed by atoms with Crippen LogP contribution in [0.1, 0.15) is 59.8 Å². The highest BCUT2D eigenvalue weighted by Gasteiger charge is 2.26. The fourth-order valence-corrected chi connectivity index (χ4v) is 1.92. The Morgan fingerprint density at radius 2 is 2.00 bits per heavy atom. The average molecular weight is 216 g/mol. The molecule has 0 aliphatic carbocycles. The van der Waals surface area contributed by atoms with E-state index in [2.05, 4.69) is 13.8 Å². The summed E-state index contributed by atoms with van der Waals surface area (Å²) < 4.78 is 4.87. The van der Waals surface area contributed by atoms with Crippen LogP contribution in [0.2, 0.25) is 0 Å². The molecule has 0 saturated carbocycles. The van der Waals surface area contributed by atoms with Gasteiger partial charge in [0, 0.05) is 0 Å². The third-order valence-corrected chi connectivity index (χ3v) is 2.69. The summed E-state index contributed by atoms with van der Waals surface area (Å²) in [6, 6.07) is 0. The highest BCUT2D eigenvalue weighted by molar-refractivity contribution is 5.57. The van der Waals surface area contributed by atoms with Gasteiger partial charge in [0.2, 0.25) is 0 Å². The lowest BCUT2D eigenvalue weighted by Gasteiger charge is -2.28. The molecule has 0 aromatic rings. The first kappa shape index (κ1) is 14.3. The maximum Gasteiger partial charge on any atom is 0.506 e. The maximum atomic E-state index is 10.5. The van der Waals surface area contributed by atoms with Crippen LogP contribution in [0.15, 0.2) is 0 Å².